The molecule has 2 N–H and O–H groups in total. The lowest BCUT2D eigenvalue weighted by Gasteiger charge is -2.34. The monoisotopic (exact) mass is 496 g/mol. The van der Waals surface area contributed by atoms with E-state index in [1.807, 2.05) is 20.8 Å². The van der Waals surface area contributed by atoms with Crippen molar-refractivity contribution in [3.05, 3.63) is 36.3 Å². The van der Waals surface area contributed by atoms with Gasteiger partial charge in [-0.25, -0.2) is 19.7 Å². The molecule has 0 radical (unpaired) electrons. The van der Waals surface area contributed by atoms with Crippen molar-refractivity contribution in [2.75, 3.05) is 36.0 Å². The van der Waals surface area contributed by atoms with Crippen molar-refractivity contribution in [1.29, 1.82) is 0 Å². The lowest BCUT2D eigenvalue weighted by molar-refractivity contribution is -0.138. The zero-order valence-corrected chi connectivity index (χ0v) is 19.6. The highest BCUT2D eigenvalue weighted by Crippen LogP contribution is 2.29. The number of pyridine rings is 1. The first kappa shape index (κ1) is 26.0. The predicted octanol–water partition coefficient (Wildman–Crippen LogP) is 3.02. The molecule has 10 nitrogen and oxygen atoms in total. The fraction of sp³-hybridized carbons (Fsp3) is 0.500. The summed E-state index contributed by atoms with van der Waals surface area (Å²) in [6.45, 7) is 6.46. The minimum Gasteiger partial charge on any atom is -0.474 e. The molecule has 2 amide bonds. The van der Waals surface area contributed by atoms with Crippen LogP contribution in [0.4, 0.5) is 29.6 Å². The Morgan fingerprint density at radius 1 is 1.17 bits per heavy atom. The molecule has 0 aliphatic carbocycles. The Hall–Kier alpha value is -3.64. The molecule has 1 aliphatic rings. The smallest absolute Gasteiger partial charge is 0.419 e. The molecule has 0 spiro atoms. The van der Waals surface area contributed by atoms with Crippen LogP contribution in [0.25, 0.3) is 0 Å². The van der Waals surface area contributed by atoms with Gasteiger partial charge in [-0.05, 0) is 17.9 Å². The van der Waals surface area contributed by atoms with Crippen molar-refractivity contribution in [2.24, 2.45) is 11.1 Å². The largest absolute Gasteiger partial charge is 0.474 e. The second kappa shape index (κ2) is 10.3. The molecule has 1 saturated heterocycles. The quantitative estimate of drug-likeness (QED) is 0.621. The first-order valence-corrected chi connectivity index (χ1v) is 10.8. The van der Waals surface area contributed by atoms with Gasteiger partial charge in [0.2, 0.25) is 17.7 Å². The van der Waals surface area contributed by atoms with E-state index in [9.17, 15) is 22.8 Å². The standard InChI is InChI=1S/C22H27F3N6O4/c1-21(2,3)9-16(35-19(26)33)13-34-17-8-15(4-5-27-17)31-7-6-30(12-18(31)32)20-28-10-14(11-29-20)22(23,24)25/h4-5,8,10-11,16H,6-7,9,12-13H2,1-3H3,(H2,26,33). The molecule has 1 unspecified atom stereocenters. The van der Waals surface area contributed by atoms with Crippen LogP contribution in [-0.4, -0.2) is 59.3 Å². The fourth-order valence-corrected chi connectivity index (χ4v) is 3.55. The number of nitrogens with two attached hydrogens (primary N) is 1. The molecule has 3 rings (SSSR count). The minimum atomic E-state index is -4.53. The Kier molecular flexibility index (Phi) is 7.66. The number of hydrogen-bond donors (Lipinski definition) is 1. The molecule has 0 aromatic carbocycles. The van der Waals surface area contributed by atoms with Crippen molar-refractivity contribution in [3.8, 4) is 5.88 Å². The van der Waals surface area contributed by atoms with E-state index in [1.54, 1.807) is 12.1 Å². The van der Waals surface area contributed by atoms with Crippen LogP contribution in [0, 0.1) is 5.41 Å². The van der Waals surface area contributed by atoms with Gasteiger partial charge in [0.05, 0.1) is 11.3 Å². The molecule has 13 heteroatoms. The van der Waals surface area contributed by atoms with E-state index < -0.39 is 23.9 Å². The van der Waals surface area contributed by atoms with Gasteiger partial charge in [0.1, 0.15) is 19.3 Å². The number of hydrogen-bond acceptors (Lipinski definition) is 8. The normalized spacial score (nSPS) is 15.7. The molecule has 2 aromatic rings. The summed E-state index contributed by atoms with van der Waals surface area (Å²) in [5.74, 6) is -0.0144. The number of alkyl halides is 3. The Morgan fingerprint density at radius 3 is 2.43 bits per heavy atom. The van der Waals surface area contributed by atoms with Crippen molar-refractivity contribution < 1.29 is 32.2 Å². The van der Waals surface area contributed by atoms with E-state index in [4.69, 9.17) is 15.2 Å². The van der Waals surface area contributed by atoms with E-state index in [2.05, 4.69) is 15.0 Å². The molecule has 190 valence electrons. The Balaban J connectivity index is 1.63. The Labute approximate surface area is 200 Å². The highest BCUT2D eigenvalue weighted by Gasteiger charge is 2.32. The molecule has 3 heterocycles. The second-order valence-electron chi connectivity index (χ2n) is 9.22. The number of nitrogens with zero attached hydrogens (tertiary/aromatic N) is 5. The van der Waals surface area contributed by atoms with Crippen LogP contribution in [0.5, 0.6) is 5.88 Å². The van der Waals surface area contributed by atoms with Gasteiger partial charge < -0.3 is 25.0 Å². The summed E-state index contributed by atoms with van der Waals surface area (Å²) in [5, 5.41) is 0. The van der Waals surface area contributed by atoms with Crippen LogP contribution < -0.4 is 20.3 Å². The zero-order valence-electron chi connectivity index (χ0n) is 19.6. The summed E-state index contributed by atoms with van der Waals surface area (Å²) < 4.78 is 49.0. The van der Waals surface area contributed by atoms with E-state index >= 15 is 0 Å². The molecular weight excluding hydrogens is 469 g/mol. The maximum atomic E-state index is 12.8. The molecule has 1 atom stereocenters. The molecular formula is C22H27F3N6O4. The zero-order chi connectivity index (χ0) is 25.8. The SMILES string of the molecule is CC(C)(C)CC(COc1cc(N2CCN(c3ncc(C(F)(F)F)cn3)CC2=O)ccn1)OC(N)=O. The number of carbonyl (C=O) groups excluding carboxylic acids is 2. The van der Waals surface area contributed by atoms with Crippen LogP contribution in [0.2, 0.25) is 0 Å². The number of halogens is 3. The highest BCUT2D eigenvalue weighted by atomic mass is 19.4. The minimum absolute atomic E-state index is 0.0314. The lowest BCUT2D eigenvalue weighted by atomic mass is 9.89. The van der Waals surface area contributed by atoms with Crippen LogP contribution in [0.15, 0.2) is 30.7 Å². The first-order valence-electron chi connectivity index (χ1n) is 10.8. The summed E-state index contributed by atoms with van der Waals surface area (Å²) in [4.78, 5) is 38.7. The van der Waals surface area contributed by atoms with Gasteiger partial charge in [-0.1, -0.05) is 20.8 Å². The summed E-state index contributed by atoms with van der Waals surface area (Å²) in [6, 6.07) is 3.22. The van der Waals surface area contributed by atoms with Gasteiger partial charge in [-0.3, -0.25) is 4.79 Å². The van der Waals surface area contributed by atoms with Gasteiger partial charge in [0.25, 0.3) is 0 Å². The molecule has 1 fully saturated rings. The first-order chi connectivity index (χ1) is 16.3. The fourth-order valence-electron chi connectivity index (χ4n) is 3.55. The van der Waals surface area contributed by atoms with Crippen molar-refractivity contribution in [2.45, 2.75) is 39.5 Å². The van der Waals surface area contributed by atoms with E-state index in [0.717, 1.165) is 0 Å². The number of primary amides is 1. The van der Waals surface area contributed by atoms with E-state index in [1.165, 1.54) is 16.0 Å². The maximum Gasteiger partial charge on any atom is 0.419 e. The number of amides is 2. The third-order valence-corrected chi connectivity index (χ3v) is 5.04. The second-order valence-corrected chi connectivity index (χ2v) is 9.22. The molecule has 0 saturated carbocycles. The highest BCUT2D eigenvalue weighted by molar-refractivity contribution is 5.97. The van der Waals surface area contributed by atoms with Gasteiger partial charge in [0, 0.05) is 37.7 Å². The van der Waals surface area contributed by atoms with Gasteiger partial charge in [-0.15, -0.1) is 0 Å². The number of piperazine rings is 1. The topological polar surface area (TPSA) is 124 Å². The molecule has 2 aromatic heterocycles. The molecule has 1 aliphatic heterocycles. The third-order valence-electron chi connectivity index (χ3n) is 5.04. The lowest BCUT2D eigenvalue weighted by Crippen LogP contribution is -2.51. The summed E-state index contributed by atoms with van der Waals surface area (Å²) in [7, 11) is 0. The van der Waals surface area contributed by atoms with Crippen LogP contribution in [0.3, 0.4) is 0 Å². The summed E-state index contributed by atoms with van der Waals surface area (Å²) in [5.41, 5.74) is 4.60. The summed E-state index contributed by atoms with van der Waals surface area (Å²) >= 11 is 0. The van der Waals surface area contributed by atoms with Gasteiger partial charge in [0.15, 0.2) is 0 Å². The Morgan fingerprint density at radius 2 is 1.86 bits per heavy atom. The average molecular weight is 496 g/mol. The van der Waals surface area contributed by atoms with Crippen LogP contribution in [-0.2, 0) is 15.7 Å². The molecule has 0 bridgehead atoms. The van der Waals surface area contributed by atoms with E-state index in [0.29, 0.717) is 31.0 Å². The average Bonchev–Trinajstić information content (AvgIpc) is 2.76. The number of ether oxygens (including phenoxy) is 2. The number of rotatable bonds is 7. The van der Waals surface area contributed by atoms with Crippen molar-refractivity contribution >= 4 is 23.6 Å². The number of carbonyl (C=O) groups is 2. The van der Waals surface area contributed by atoms with Gasteiger partial charge in [-0.2, -0.15) is 13.2 Å². The number of anilines is 2. The Bertz CT molecular complexity index is 1040. The van der Waals surface area contributed by atoms with Crippen LogP contribution >= 0.6 is 0 Å². The maximum absolute atomic E-state index is 12.8. The van der Waals surface area contributed by atoms with E-state index in [-0.39, 0.29) is 42.8 Å². The van der Waals surface area contributed by atoms with Gasteiger partial charge >= 0.3 is 12.3 Å². The molecule has 35 heavy (non-hydrogen) atoms. The summed E-state index contributed by atoms with van der Waals surface area (Å²) in [6.07, 6.45) is -2.62. The number of aromatic nitrogens is 3. The third kappa shape index (κ3) is 7.42. The van der Waals surface area contributed by atoms with Crippen LogP contribution in [0.1, 0.15) is 32.8 Å². The predicted molar refractivity (Wildman–Crippen MR) is 120 cm³/mol. The van der Waals surface area contributed by atoms with Crippen molar-refractivity contribution in [3.63, 3.8) is 0 Å². The van der Waals surface area contributed by atoms with Crippen molar-refractivity contribution in [1.82, 2.24) is 15.0 Å².